The number of rotatable bonds is 6. The molecule has 0 unspecified atom stereocenters. The highest BCUT2D eigenvalue weighted by molar-refractivity contribution is 7.12. The maximum absolute atomic E-state index is 11.8. The zero-order valence-electron chi connectivity index (χ0n) is 10.9. The maximum Gasteiger partial charge on any atom is 0.261 e. The molecule has 0 saturated carbocycles. The van der Waals surface area contributed by atoms with Crippen molar-refractivity contribution < 1.29 is 14.7 Å². The molecule has 1 heterocycles. The molecule has 5 heteroatoms. The molecule has 100 valence electrons. The van der Waals surface area contributed by atoms with Gasteiger partial charge in [0.1, 0.15) is 0 Å². The highest BCUT2D eigenvalue weighted by atomic mass is 32.1. The number of hydrogen-bond acceptors (Lipinski definition) is 4. The average Bonchev–Trinajstić information content (AvgIpc) is 2.85. The SMILES string of the molecule is CCC(O)(CC)CNC(=O)c1cc(C(C)=O)cs1. The Morgan fingerprint density at radius 1 is 1.39 bits per heavy atom. The van der Waals surface area contributed by atoms with E-state index in [1.807, 2.05) is 13.8 Å². The van der Waals surface area contributed by atoms with E-state index in [1.165, 1.54) is 18.3 Å². The van der Waals surface area contributed by atoms with E-state index in [0.717, 1.165) is 0 Å². The van der Waals surface area contributed by atoms with Crippen LogP contribution >= 0.6 is 11.3 Å². The van der Waals surface area contributed by atoms with Gasteiger partial charge in [-0.15, -0.1) is 11.3 Å². The molecule has 0 radical (unpaired) electrons. The van der Waals surface area contributed by atoms with Crippen LogP contribution in [0.5, 0.6) is 0 Å². The fourth-order valence-corrected chi connectivity index (χ4v) is 2.33. The van der Waals surface area contributed by atoms with Crippen molar-refractivity contribution in [3.63, 3.8) is 0 Å². The summed E-state index contributed by atoms with van der Waals surface area (Å²) in [5, 5.41) is 14.4. The third-order valence-electron chi connectivity index (χ3n) is 3.12. The molecular weight excluding hydrogens is 250 g/mol. The molecule has 0 aliphatic rings. The molecule has 18 heavy (non-hydrogen) atoms. The Morgan fingerprint density at radius 2 is 2.00 bits per heavy atom. The van der Waals surface area contributed by atoms with Crippen LogP contribution in [0.1, 0.15) is 53.6 Å². The van der Waals surface area contributed by atoms with Gasteiger partial charge in [0.15, 0.2) is 5.78 Å². The Bertz CT molecular complexity index is 435. The van der Waals surface area contributed by atoms with Gasteiger partial charge in [0.05, 0.1) is 10.5 Å². The number of nitrogens with one attached hydrogen (secondary N) is 1. The summed E-state index contributed by atoms with van der Waals surface area (Å²) in [6.45, 7) is 5.46. The summed E-state index contributed by atoms with van der Waals surface area (Å²) in [5.41, 5.74) is -0.303. The first-order valence-electron chi connectivity index (χ1n) is 6.02. The van der Waals surface area contributed by atoms with Crippen LogP contribution in [0, 0.1) is 0 Å². The van der Waals surface area contributed by atoms with Crippen LogP contribution in [0.15, 0.2) is 11.4 Å². The van der Waals surface area contributed by atoms with Crippen molar-refractivity contribution in [2.24, 2.45) is 0 Å². The van der Waals surface area contributed by atoms with Crippen LogP contribution in [0.25, 0.3) is 0 Å². The lowest BCUT2D eigenvalue weighted by Gasteiger charge is -2.25. The first kappa shape index (κ1) is 14.9. The van der Waals surface area contributed by atoms with Crippen molar-refractivity contribution in [2.45, 2.75) is 39.2 Å². The van der Waals surface area contributed by atoms with E-state index in [2.05, 4.69) is 5.32 Å². The van der Waals surface area contributed by atoms with Crippen LogP contribution in [0.4, 0.5) is 0 Å². The molecule has 0 fully saturated rings. The largest absolute Gasteiger partial charge is 0.388 e. The number of amides is 1. The predicted molar refractivity (Wildman–Crippen MR) is 72.2 cm³/mol. The van der Waals surface area contributed by atoms with E-state index in [-0.39, 0.29) is 18.2 Å². The van der Waals surface area contributed by atoms with Gasteiger partial charge >= 0.3 is 0 Å². The molecule has 0 aromatic carbocycles. The Labute approximate surface area is 111 Å². The Kier molecular flexibility index (Phi) is 5.04. The molecule has 4 nitrogen and oxygen atoms in total. The smallest absolute Gasteiger partial charge is 0.261 e. The molecule has 0 saturated heterocycles. The lowest BCUT2D eigenvalue weighted by molar-refractivity contribution is 0.0314. The number of Topliss-reactive ketones (excluding diaryl/α,β-unsaturated/α-hetero) is 1. The minimum Gasteiger partial charge on any atom is -0.388 e. The van der Waals surface area contributed by atoms with Gasteiger partial charge in [-0.3, -0.25) is 9.59 Å². The third kappa shape index (κ3) is 3.65. The van der Waals surface area contributed by atoms with Crippen LogP contribution < -0.4 is 5.32 Å². The zero-order valence-corrected chi connectivity index (χ0v) is 11.8. The van der Waals surface area contributed by atoms with Gasteiger partial charge in [-0.2, -0.15) is 0 Å². The quantitative estimate of drug-likeness (QED) is 0.778. The molecule has 1 amide bonds. The summed E-state index contributed by atoms with van der Waals surface area (Å²) < 4.78 is 0. The topological polar surface area (TPSA) is 66.4 Å². The monoisotopic (exact) mass is 269 g/mol. The van der Waals surface area contributed by atoms with E-state index in [0.29, 0.717) is 23.3 Å². The van der Waals surface area contributed by atoms with Crippen LogP contribution in [-0.4, -0.2) is 28.9 Å². The van der Waals surface area contributed by atoms with E-state index >= 15 is 0 Å². The molecule has 1 aromatic rings. The van der Waals surface area contributed by atoms with Crippen molar-refractivity contribution in [3.8, 4) is 0 Å². The molecule has 1 aromatic heterocycles. The Morgan fingerprint density at radius 3 is 2.44 bits per heavy atom. The highest BCUT2D eigenvalue weighted by Crippen LogP contribution is 2.17. The fraction of sp³-hybridized carbons (Fsp3) is 0.538. The molecule has 1 rings (SSSR count). The number of hydrogen-bond donors (Lipinski definition) is 2. The second-order valence-electron chi connectivity index (χ2n) is 4.37. The van der Waals surface area contributed by atoms with Crippen molar-refractivity contribution in [1.82, 2.24) is 5.32 Å². The second-order valence-corrected chi connectivity index (χ2v) is 5.28. The first-order chi connectivity index (χ1) is 8.41. The minimum absolute atomic E-state index is 0.0519. The Balaban J connectivity index is 2.62. The summed E-state index contributed by atoms with van der Waals surface area (Å²) >= 11 is 1.24. The van der Waals surface area contributed by atoms with Gasteiger partial charge in [0.2, 0.25) is 0 Å². The van der Waals surface area contributed by atoms with Crippen LogP contribution in [-0.2, 0) is 0 Å². The predicted octanol–water partition coefficient (Wildman–Crippen LogP) is 2.23. The van der Waals surface area contributed by atoms with Gasteiger partial charge in [-0.25, -0.2) is 0 Å². The third-order valence-corrected chi connectivity index (χ3v) is 4.05. The number of thiophene rings is 1. The molecular formula is C13H19NO3S. The molecule has 2 N–H and O–H groups in total. The molecule has 0 bridgehead atoms. The zero-order chi connectivity index (χ0) is 13.8. The number of carbonyl (C=O) groups excluding carboxylic acids is 2. The molecule has 0 aliphatic carbocycles. The van der Waals surface area contributed by atoms with Gasteiger partial charge in [-0.05, 0) is 25.8 Å². The lowest BCUT2D eigenvalue weighted by Crippen LogP contribution is -2.41. The van der Waals surface area contributed by atoms with Gasteiger partial charge < -0.3 is 10.4 Å². The van der Waals surface area contributed by atoms with Crippen molar-refractivity contribution >= 4 is 23.0 Å². The van der Waals surface area contributed by atoms with E-state index in [4.69, 9.17) is 0 Å². The van der Waals surface area contributed by atoms with E-state index in [9.17, 15) is 14.7 Å². The molecule has 0 spiro atoms. The molecule has 0 aliphatic heterocycles. The highest BCUT2D eigenvalue weighted by Gasteiger charge is 2.23. The van der Waals surface area contributed by atoms with Crippen molar-refractivity contribution in [3.05, 3.63) is 21.9 Å². The average molecular weight is 269 g/mol. The summed E-state index contributed by atoms with van der Waals surface area (Å²) in [5.74, 6) is -0.295. The summed E-state index contributed by atoms with van der Waals surface area (Å²) in [7, 11) is 0. The van der Waals surface area contributed by atoms with Crippen LogP contribution in [0.3, 0.4) is 0 Å². The van der Waals surface area contributed by atoms with Gasteiger partial charge in [0, 0.05) is 17.5 Å². The number of carbonyl (C=O) groups is 2. The Hall–Kier alpha value is -1.20. The fourth-order valence-electron chi connectivity index (χ4n) is 1.47. The standard InChI is InChI=1S/C13H19NO3S/c1-4-13(17,5-2)8-14-12(16)11-6-10(7-18-11)9(3)15/h6-7,17H,4-5,8H2,1-3H3,(H,14,16). The lowest BCUT2D eigenvalue weighted by atomic mass is 9.98. The normalized spacial score (nSPS) is 11.3. The summed E-state index contributed by atoms with van der Waals surface area (Å²) in [6, 6.07) is 1.58. The van der Waals surface area contributed by atoms with Crippen molar-refractivity contribution in [2.75, 3.05) is 6.54 Å². The second kappa shape index (κ2) is 6.11. The summed E-state index contributed by atoms with van der Waals surface area (Å²) in [4.78, 5) is 23.5. The summed E-state index contributed by atoms with van der Waals surface area (Å²) in [6.07, 6.45) is 1.18. The van der Waals surface area contributed by atoms with Crippen molar-refractivity contribution in [1.29, 1.82) is 0 Å². The minimum atomic E-state index is -0.851. The van der Waals surface area contributed by atoms with E-state index in [1.54, 1.807) is 11.4 Å². The van der Waals surface area contributed by atoms with Gasteiger partial charge in [-0.1, -0.05) is 13.8 Å². The van der Waals surface area contributed by atoms with Crippen LogP contribution in [0.2, 0.25) is 0 Å². The van der Waals surface area contributed by atoms with Gasteiger partial charge in [0.25, 0.3) is 5.91 Å². The number of aliphatic hydroxyl groups is 1. The maximum atomic E-state index is 11.8. The first-order valence-corrected chi connectivity index (χ1v) is 6.90. The van der Waals surface area contributed by atoms with E-state index < -0.39 is 5.60 Å². The molecule has 0 atom stereocenters. The number of ketones is 1.